The van der Waals surface area contributed by atoms with Gasteiger partial charge in [0.15, 0.2) is 0 Å². The third-order valence-electron chi connectivity index (χ3n) is 3.91. The molecule has 0 saturated heterocycles. The van der Waals surface area contributed by atoms with Gasteiger partial charge in [-0.25, -0.2) is 12.7 Å². The number of methoxy groups -OCH3 is 1. The number of benzene rings is 2. The third-order valence-corrected chi connectivity index (χ3v) is 6.94. The van der Waals surface area contributed by atoms with Gasteiger partial charge in [-0.05, 0) is 36.8 Å². The lowest BCUT2D eigenvalue weighted by molar-refractivity contribution is -0.115. The van der Waals surface area contributed by atoms with Crippen LogP contribution < -0.4 is 10.1 Å². The molecular formula is C19H24N2O4S2. The van der Waals surface area contributed by atoms with Crippen LogP contribution in [0.1, 0.15) is 12.5 Å². The fraction of sp³-hybridized carbons (Fsp3) is 0.316. The summed E-state index contributed by atoms with van der Waals surface area (Å²) in [6, 6.07) is 14.0. The van der Waals surface area contributed by atoms with Crippen LogP contribution in [0.15, 0.2) is 53.4 Å². The zero-order chi connectivity index (χ0) is 20.0. The van der Waals surface area contributed by atoms with E-state index in [0.717, 1.165) is 5.56 Å². The molecule has 2 rings (SSSR count). The predicted molar refractivity (Wildman–Crippen MR) is 110 cm³/mol. The second-order valence-electron chi connectivity index (χ2n) is 6.08. The van der Waals surface area contributed by atoms with Crippen molar-refractivity contribution in [1.82, 2.24) is 4.31 Å². The van der Waals surface area contributed by atoms with Gasteiger partial charge in [-0.1, -0.05) is 24.3 Å². The highest BCUT2D eigenvalue weighted by Crippen LogP contribution is 2.26. The Hall–Kier alpha value is -2.03. The quantitative estimate of drug-likeness (QED) is 0.726. The highest BCUT2D eigenvalue weighted by molar-refractivity contribution is 7.99. The lowest BCUT2D eigenvalue weighted by Crippen LogP contribution is -2.23. The van der Waals surface area contributed by atoms with E-state index in [-0.39, 0.29) is 16.1 Å². The molecule has 0 aliphatic carbocycles. The number of thioether (sulfide) groups is 1. The fourth-order valence-corrected chi connectivity index (χ4v) is 4.09. The van der Waals surface area contributed by atoms with E-state index in [4.69, 9.17) is 4.74 Å². The molecular weight excluding hydrogens is 384 g/mol. The number of amides is 1. The molecule has 6 nitrogen and oxygen atoms in total. The number of ether oxygens (including phenoxy) is 1. The summed E-state index contributed by atoms with van der Waals surface area (Å²) in [6.45, 7) is 1.82. The van der Waals surface area contributed by atoms with E-state index >= 15 is 0 Å². The number of anilines is 1. The van der Waals surface area contributed by atoms with Crippen LogP contribution in [-0.4, -0.2) is 45.1 Å². The molecule has 146 valence electrons. The van der Waals surface area contributed by atoms with Gasteiger partial charge in [-0.15, -0.1) is 11.8 Å². The summed E-state index contributed by atoms with van der Waals surface area (Å²) in [7, 11) is 1.08. The number of nitrogens with one attached hydrogen (secondary N) is 1. The largest absolute Gasteiger partial charge is 0.495 e. The number of rotatable bonds is 8. The Morgan fingerprint density at radius 1 is 1.19 bits per heavy atom. The molecule has 8 heteroatoms. The molecule has 0 radical (unpaired) electrons. The second kappa shape index (κ2) is 9.25. The van der Waals surface area contributed by atoms with Gasteiger partial charge >= 0.3 is 0 Å². The van der Waals surface area contributed by atoms with Crippen LogP contribution in [-0.2, 0) is 20.6 Å². The van der Waals surface area contributed by atoms with Gasteiger partial charge in [0.2, 0.25) is 15.9 Å². The maximum Gasteiger partial charge on any atom is 0.242 e. The number of sulfonamides is 1. The monoisotopic (exact) mass is 408 g/mol. The third kappa shape index (κ3) is 5.47. The van der Waals surface area contributed by atoms with Gasteiger partial charge in [0, 0.05) is 19.8 Å². The highest BCUT2D eigenvalue weighted by Gasteiger charge is 2.18. The molecule has 1 N–H and O–H groups in total. The maximum absolute atomic E-state index is 12.4. The van der Waals surface area contributed by atoms with Crippen LogP contribution in [0.2, 0.25) is 0 Å². The molecule has 0 aromatic heterocycles. The van der Waals surface area contributed by atoms with Crippen LogP contribution in [0.4, 0.5) is 5.69 Å². The van der Waals surface area contributed by atoms with Crippen molar-refractivity contribution >= 4 is 33.4 Å². The first kappa shape index (κ1) is 21.3. The van der Waals surface area contributed by atoms with E-state index in [9.17, 15) is 13.2 Å². The Labute approximate surface area is 165 Å². The molecule has 1 unspecified atom stereocenters. The summed E-state index contributed by atoms with van der Waals surface area (Å²) in [5.41, 5.74) is 1.47. The lowest BCUT2D eigenvalue weighted by atomic mass is 10.2. The van der Waals surface area contributed by atoms with E-state index in [1.165, 1.54) is 30.2 Å². The van der Waals surface area contributed by atoms with Crippen LogP contribution in [0.3, 0.4) is 0 Å². The first-order chi connectivity index (χ1) is 12.8. The molecule has 0 aliphatic rings. The Bertz CT molecular complexity index is 898. The Kier molecular flexibility index (Phi) is 7.29. The number of para-hydroxylation sites is 2. The van der Waals surface area contributed by atoms with E-state index in [1.54, 1.807) is 37.4 Å². The van der Waals surface area contributed by atoms with E-state index in [1.807, 2.05) is 25.1 Å². The average Bonchev–Trinajstić information content (AvgIpc) is 2.66. The maximum atomic E-state index is 12.4. The van der Waals surface area contributed by atoms with Gasteiger partial charge in [0.1, 0.15) is 5.75 Å². The van der Waals surface area contributed by atoms with Gasteiger partial charge in [0.05, 0.1) is 22.9 Å². The molecule has 0 aliphatic heterocycles. The summed E-state index contributed by atoms with van der Waals surface area (Å²) in [5, 5.41) is 2.55. The van der Waals surface area contributed by atoms with Crippen molar-refractivity contribution in [2.75, 3.05) is 26.5 Å². The summed E-state index contributed by atoms with van der Waals surface area (Å²) >= 11 is 1.44. The number of nitrogens with zero attached hydrogens (tertiary/aromatic N) is 1. The minimum atomic E-state index is -3.47. The molecule has 0 saturated carbocycles. The van der Waals surface area contributed by atoms with Crippen LogP contribution >= 0.6 is 11.8 Å². The van der Waals surface area contributed by atoms with E-state index < -0.39 is 10.0 Å². The number of hydrogen-bond donors (Lipinski definition) is 1. The first-order valence-electron chi connectivity index (χ1n) is 8.32. The lowest BCUT2D eigenvalue weighted by Gasteiger charge is -2.15. The van der Waals surface area contributed by atoms with Crippen molar-refractivity contribution in [3.63, 3.8) is 0 Å². The molecule has 1 amide bonds. The summed E-state index contributed by atoms with van der Waals surface area (Å²) < 4.78 is 30.9. The van der Waals surface area contributed by atoms with Gasteiger partial charge in [0.25, 0.3) is 0 Å². The number of hydrogen-bond acceptors (Lipinski definition) is 5. The molecule has 1 atom stereocenters. The average molecular weight is 409 g/mol. The first-order valence-corrected chi connectivity index (χ1v) is 10.8. The molecule has 0 fully saturated rings. The van der Waals surface area contributed by atoms with E-state index in [2.05, 4.69) is 5.32 Å². The van der Waals surface area contributed by atoms with Gasteiger partial charge < -0.3 is 10.1 Å². The SMILES string of the molecule is COc1ccccc1NC(=O)C(C)SCc1cccc(S(=O)(=O)N(C)C)c1. The molecule has 2 aromatic rings. The zero-order valence-electron chi connectivity index (χ0n) is 15.8. The zero-order valence-corrected chi connectivity index (χ0v) is 17.4. The summed E-state index contributed by atoms with van der Waals surface area (Å²) in [6.07, 6.45) is 0. The normalized spacial score (nSPS) is 12.6. The highest BCUT2D eigenvalue weighted by atomic mass is 32.2. The second-order valence-corrected chi connectivity index (χ2v) is 9.56. The molecule has 2 aromatic carbocycles. The van der Waals surface area contributed by atoms with Crippen molar-refractivity contribution in [1.29, 1.82) is 0 Å². The molecule has 0 heterocycles. The molecule has 27 heavy (non-hydrogen) atoms. The minimum Gasteiger partial charge on any atom is -0.495 e. The topological polar surface area (TPSA) is 75.7 Å². The smallest absolute Gasteiger partial charge is 0.242 e. The van der Waals surface area contributed by atoms with Crippen molar-refractivity contribution in [3.05, 3.63) is 54.1 Å². The van der Waals surface area contributed by atoms with Gasteiger partial charge in [-0.2, -0.15) is 0 Å². The van der Waals surface area contributed by atoms with E-state index in [0.29, 0.717) is 17.2 Å². The van der Waals surface area contributed by atoms with Crippen LogP contribution in [0.5, 0.6) is 5.75 Å². The molecule has 0 bridgehead atoms. The standard InChI is InChI=1S/C19H24N2O4S2/c1-14(19(22)20-17-10-5-6-11-18(17)25-4)26-13-15-8-7-9-16(12-15)27(23,24)21(2)3/h5-12,14H,13H2,1-4H3,(H,20,22). The Morgan fingerprint density at radius 3 is 2.56 bits per heavy atom. The van der Waals surface area contributed by atoms with Crippen molar-refractivity contribution in [2.45, 2.75) is 22.8 Å². The summed E-state index contributed by atoms with van der Waals surface area (Å²) in [4.78, 5) is 12.7. The van der Waals surface area contributed by atoms with Crippen molar-refractivity contribution in [3.8, 4) is 5.75 Å². The minimum absolute atomic E-state index is 0.137. The Morgan fingerprint density at radius 2 is 1.89 bits per heavy atom. The van der Waals surface area contributed by atoms with Crippen molar-refractivity contribution in [2.24, 2.45) is 0 Å². The molecule has 0 spiro atoms. The van der Waals surface area contributed by atoms with Gasteiger partial charge in [-0.3, -0.25) is 4.79 Å². The predicted octanol–water partition coefficient (Wildman–Crippen LogP) is 3.21. The Balaban J connectivity index is 2.01. The van der Waals surface area contributed by atoms with Crippen LogP contribution in [0, 0.1) is 0 Å². The summed E-state index contributed by atoms with van der Waals surface area (Å²) in [5.74, 6) is 0.989. The van der Waals surface area contributed by atoms with Crippen LogP contribution in [0.25, 0.3) is 0 Å². The fourth-order valence-electron chi connectivity index (χ4n) is 2.29. The number of carbonyl (C=O) groups is 1. The number of carbonyl (C=O) groups excluding carboxylic acids is 1. The van der Waals surface area contributed by atoms with Crippen molar-refractivity contribution < 1.29 is 17.9 Å².